The number of anilines is 1. The van der Waals surface area contributed by atoms with Crippen LogP contribution in [0.3, 0.4) is 0 Å². The molecule has 4 aromatic rings. The van der Waals surface area contributed by atoms with Gasteiger partial charge in [0.25, 0.3) is 11.8 Å². The summed E-state index contributed by atoms with van der Waals surface area (Å²) >= 11 is 0. The second-order valence-corrected chi connectivity index (χ2v) is 9.76. The van der Waals surface area contributed by atoms with Crippen LogP contribution in [-0.2, 0) is 16.6 Å². The van der Waals surface area contributed by atoms with Gasteiger partial charge in [0.2, 0.25) is 10.0 Å². The van der Waals surface area contributed by atoms with Gasteiger partial charge in [-0.2, -0.15) is 4.31 Å². The maximum atomic E-state index is 13.5. The fourth-order valence-corrected chi connectivity index (χ4v) is 5.44. The fraction of sp³-hybridized carbons (Fsp3) is 0.0800. The van der Waals surface area contributed by atoms with Gasteiger partial charge in [0.1, 0.15) is 0 Å². The smallest absolute Gasteiger partial charge is 0.266 e. The third-order valence-corrected chi connectivity index (χ3v) is 7.56. The number of nitrogens with zero attached hydrogens (tertiary/aromatic N) is 3. The third-order valence-electron chi connectivity index (χ3n) is 5.70. The van der Waals surface area contributed by atoms with Crippen molar-refractivity contribution in [1.29, 1.82) is 0 Å². The van der Waals surface area contributed by atoms with Crippen LogP contribution in [-0.4, -0.2) is 36.6 Å². The highest BCUT2D eigenvalue weighted by Crippen LogP contribution is 2.41. The van der Waals surface area contributed by atoms with Gasteiger partial charge in [-0.3, -0.25) is 14.6 Å². The van der Waals surface area contributed by atoms with E-state index < -0.39 is 21.8 Å². The van der Waals surface area contributed by atoms with E-state index in [1.54, 1.807) is 36.5 Å². The molecule has 1 aromatic heterocycles. The molecule has 0 N–H and O–H groups in total. The van der Waals surface area contributed by atoms with Crippen LogP contribution in [0.1, 0.15) is 26.3 Å². The predicted octanol–water partition coefficient (Wildman–Crippen LogP) is 3.86. The van der Waals surface area contributed by atoms with Gasteiger partial charge in [0, 0.05) is 36.8 Å². The summed E-state index contributed by atoms with van der Waals surface area (Å²) in [6.45, 7) is 0.205. The number of carbonyl (C=O) groups is 2. The minimum absolute atomic E-state index is 0.0880. The summed E-state index contributed by atoms with van der Waals surface area (Å²) in [7, 11) is -2.35. The van der Waals surface area contributed by atoms with Crippen LogP contribution in [0.15, 0.2) is 90.1 Å². The summed E-state index contributed by atoms with van der Waals surface area (Å²) in [6.07, 6.45) is 2.94. The standard InChI is InChI=1S/C25H19N3O4S/c1-27(16-17-7-3-2-4-8-17)33(31,32)22-13-12-21-23-19(22)10-5-11-20(23)25(30)28(21)24(29)18-9-6-14-26-15-18/h2-15H,16H2,1H3. The molecule has 2 amide bonds. The van der Waals surface area contributed by atoms with Gasteiger partial charge in [0.05, 0.1) is 21.7 Å². The van der Waals surface area contributed by atoms with Crippen LogP contribution in [0.25, 0.3) is 10.8 Å². The van der Waals surface area contributed by atoms with E-state index in [1.165, 1.54) is 29.7 Å². The molecule has 0 unspecified atom stereocenters. The van der Waals surface area contributed by atoms with Gasteiger partial charge in [-0.1, -0.05) is 42.5 Å². The van der Waals surface area contributed by atoms with Gasteiger partial charge < -0.3 is 0 Å². The molecule has 7 nitrogen and oxygen atoms in total. The number of carbonyl (C=O) groups excluding carboxylic acids is 2. The molecule has 1 aliphatic heterocycles. The molecule has 164 valence electrons. The van der Waals surface area contributed by atoms with E-state index in [-0.39, 0.29) is 17.0 Å². The van der Waals surface area contributed by atoms with E-state index in [1.807, 2.05) is 30.3 Å². The van der Waals surface area contributed by atoms with Gasteiger partial charge in [0.15, 0.2) is 0 Å². The van der Waals surface area contributed by atoms with Crippen LogP contribution in [0.4, 0.5) is 5.69 Å². The Bertz CT molecular complexity index is 1500. The van der Waals surface area contributed by atoms with E-state index in [4.69, 9.17) is 0 Å². The average Bonchev–Trinajstić information content (AvgIpc) is 3.13. The zero-order chi connectivity index (χ0) is 23.2. The minimum Gasteiger partial charge on any atom is -0.268 e. The number of aromatic nitrogens is 1. The Balaban J connectivity index is 1.60. The van der Waals surface area contributed by atoms with Crippen molar-refractivity contribution in [2.45, 2.75) is 11.4 Å². The highest BCUT2D eigenvalue weighted by atomic mass is 32.2. The Kier molecular flexibility index (Phi) is 5.03. The lowest BCUT2D eigenvalue weighted by molar-refractivity contribution is 0.0903. The normalized spacial score (nSPS) is 13.2. The van der Waals surface area contributed by atoms with Crippen LogP contribution in [0, 0.1) is 0 Å². The molecule has 0 spiro atoms. The van der Waals surface area contributed by atoms with Crippen molar-refractivity contribution in [2.75, 3.05) is 11.9 Å². The molecule has 1 aliphatic rings. The molecule has 0 atom stereocenters. The van der Waals surface area contributed by atoms with Crippen molar-refractivity contribution in [3.8, 4) is 0 Å². The van der Waals surface area contributed by atoms with Crippen molar-refractivity contribution < 1.29 is 18.0 Å². The van der Waals surface area contributed by atoms with Crippen molar-refractivity contribution in [2.24, 2.45) is 0 Å². The first kappa shape index (κ1) is 21.0. The molecule has 3 aromatic carbocycles. The molecule has 0 radical (unpaired) electrons. The SMILES string of the molecule is CN(Cc1ccccc1)S(=O)(=O)c1ccc2c3c(cccc13)C(=O)N2C(=O)c1cccnc1. The van der Waals surface area contributed by atoms with Gasteiger partial charge in [-0.05, 0) is 35.9 Å². The molecule has 0 fully saturated rings. The second kappa shape index (κ2) is 7.91. The van der Waals surface area contributed by atoms with Crippen LogP contribution in [0.2, 0.25) is 0 Å². The minimum atomic E-state index is -3.87. The number of hydrogen-bond donors (Lipinski definition) is 0. The molecular weight excluding hydrogens is 438 g/mol. The number of hydrogen-bond acceptors (Lipinski definition) is 5. The Morgan fingerprint density at radius 2 is 1.76 bits per heavy atom. The fourth-order valence-electron chi connectivity index (χ4n) is 4.09. The summed E-state index contributed by atoms with van der Waals surface area (Å²) in [5.41, 5.74) is 1.79. The average molecular weight is 458 g/mol. The molecule has 5 rings (SSSR count). The Morgan fingerprint density at radius 1 is 0.970 bits per heavy atom. The quantitative estimate of drug-likeness (QED) is 0.425. The first-order valence-corrected chi connectivity index (χ1v) is 11.7. The van der Waals surface area contributed by atoms with Gasteiger partial charge in [-0.25, -0.2) is 13.3 Å². The lowest BCUT2D eigenvalue weighted by Crippen LogP contribution is -2.33. The first-order valence-electron chi connectivity index (χ1n) is 10.2. The lowest BCUT2D eigenvalue weighted by atomic mass is 10.1. The van der Waals surface area contributed by atoms with Crippen molar-refractivity contribution in [3.63, 3.8) is 0 Å². The second-order valence-electron chi connectivity index (χ2n) is 7.75. The highest BCUT2D eigenvalue weighted by Gasteiger charge is 2.37. The molecule has 0 aliphatic carbocycles. The summed E-state index contributed by atoms with van der Waals surface area (Å²) in [4.78, 5) is 31.4. The van der Waals surface area contributed by atoms with E-state index in [0.29, 0.717) is 22.0 Å². The third kappa shape index (κ3) is 3.40. The zero-order valence-corrected chi connectivity index (χ0v) is 18.5. The highest BCUT2D eigenvalue weighted by molar-refractivity contribution is 7.89. The summed E-state index contributed by atoms with van der Waals surface area (Å²) in [5.74, 6) is -1.00. The maximum Gasteiger partial charge on any atom is 0.266 e. The van der Waals surface area contributed by atoms with E-state index in [0.717, 1.165) is 10.5 Å². The van der Waals surface area contributed by atoms with E-state index in [2.05, 4.69) is 4.98 Å². The number of amides is 2. The number of benzene rings is 3. The number of pyridine rings is 1. The Hall–Kier alpha value is -3.88. The molecule has 0 saturated carbocycles. The van der Waals surface area contributed by atoms with Gasteiger partial charge in [-0.15, -0.1) is 0 Å². The van der Waals surface area contributed by atoms with Crippen LogP contribution in [0.5, 0.6) is 0 Å². The van der Waals surface area contributed by atoms with E-state index >= 15 is 0 Å². The summed E-state index contributed by atoms with van der Waals surface area (Å²) < 4.78 is 28.2. The Labute approximate surface area is 191 Å². The number of imide groups is 1. The van der Waals surface area contributed by atoms with Crippen molar-refractivity contribution in [3.05, 3.63) is 102 Å². The maximum absolute atomic E-state index is 13.5. The van der Waals surface area contributed by atoms with Gasteiger partial charge >= 0.3 is 0 Å². The summed E-state index contributed by atoms with van der Waals surface area (Å²) in [5, 5.41) is 0.855. The monoisotopic (exact) mass is 457 g/mol. The topological polar surface area (TPSA) is 87.7 Å². The predicted molar refractivity (Wildman–Crippen MR) is 124 cm³/mol. The largest absolute Gasteiger partial charge is 0.268 e. The molecule has 0 saturated heterocycles. The van der Waals surface area contributed by atoms with Crippen LogP contribution < -0.4 is 4.90 Å². The van der Waals surface area contributed by atoms with E-state index in [9.17, 15) is 18.0 Å². The van der Waals surface area contributed by atoms with Crippen LogP contribution >= 0.6 is 0 Å². The Morgan fingerprint density at radius 3 is 2.48 bits per heavy atom. The number of sulfonamides is 1. The molecule has 33 heavy (non-hydrogen) atoms. The lowest BCUT2D eigenvalue weighted by Gasteiger charge is -2.20. The first-order chi connectivity index (χ1) is 15.9. The molecule has 0 bridgehead atoms. The van der Waals surface area contributed by atoms with Crippen molar-refractivity contribution in [1.82, 2.24) is 9.29 Å². The molecular formula is C25H19N3O4S. The zero-order valence-electron chi connectivity index (χ0n) is 17.7. The summed E-state index contributed by atoms with van der Waals surface area (Å²) in [6, 6.07) is 20.4. The molecule has 8 heteroatoms. The number of rotatable bonds is 5. The molecule has 2 heterocycles. The van der Waals surface area contributed by atoms with Crippen molar-refractivity contribution >= 4 is 38.3 Å².